The Morgan fingerprint density at radius 3 is 2.54 bits per heavy atom. The third-order valence-corrected chi connectivity index (χ3v) is 5.74. The lowest BCUT2D eigenvalue weighted by Crippen LogP contribution is -2.21. The molecule has 2 N–H and O–H groups in total. The van der Waals surface area contributed by atoms with Gasteiger partial charge in [0.1, 0.15) is 24.3 Å². The summed E-state index contributed by atoms with van der Waals surface area (Å²) in [6.07, 6.45) is 9.35. The minimum absolute atomic E-state index is 0.0936. The molecule has 0 radical (unpaired) electrons. The van der Waals surface area contributed by atoms with Gasteiger partial charge in [-0.15, -0.1) is 0 Å². The highest BCUT2D eigenvalue weighted by Gasteiger charge is 2.18. The van der Waals surface area contributed by atoms with Gasteiger partial charge in [-0.1, -0.05) is 13.0 Å². The number of Topliss-reactive ketones (excluding diaryl/α,β-unsaturated/α-hetero) is 1. The maximum atomic E-state index is 12.7. The van der Waals surface area contributed by atoms with Crippen molar-refractivity contribution in [2.24, 2.45) is 7.05 Å². The average molecular weight is 525 g/mol. The van der Waals surface area contributed by atoms with E-state index in [1.54, 1.807) is 50.4 Å². The summed E-state index contributed by atoms with van der Waals surface area (Å²) in [6.45, 7) is 1.78. The Hall–Kier alpha value is -5.46. The number of para-hydroxylation sites is 1. The zero-order valence-corrected chi connectivity index (χ0v) is 21.4. The first kappa shape index (κ1) is 25.2. The number of hydrogen-bond donors (Lipinski definition) is 2. The molecule has 0 atom stereocenters. The monoisotopic (exact) mass is 524 g/mol. The molecule has 0 aliphatic heterocycles. The standard InChI is InChI=1S/C26H24N10O3/c1-4-21(37)18-13-29-23(32-22-8-9-36(26(38)33-22)16-11-27-14-28-12-16)10-20(18)31-19-7-5-6-17(24(19)39-3)25-30-15-35(2)34-25/h5-15H,4H2,1-3H3,(H2,29,31,32,33,38). The normalized spacial score (nSPS) is 10.7. The molecule has 0 aliphatic carbocycles. The number of nitrogens with one attached hydrogen (secondary N) is 2. The van der Waals surface area contributed by atoms with Gasteiger partial charge >= 0.3 is 5.69 Å². The van der Waals surface area contributed by atoms with E-state index in [1.807, 2.05) is 18.2 Å². The maximum absolute atomic E-state index is 12.7. The lowest BCUT2D eigenvalue weighted by molar-refractivity contribution is 0.0988. The molecule has 0 saturated carbocycles. The zero-order chi connectivity index (χ0) is 27.4. The molecule has 0 aliphatic rings. The molecule has 5 rings (SSSR count). The van der Waals surface area contributed by atoms with Crippen LogP contribution in [-0.2, 0) is 7.05 Å². The number of ketones is 1. The van der Waals surface area contributed by atoms with E-state index >= 15 is 0 Å². The van der Waals surface area contributed by atoms with Crippen LogP contribution in [0.3, 0.4) is 0 Å². The Morgan fingerprint density at radius 1 is 1.03 bits per heavy atom. The third-order valence-electron chi connectivity index (χ3n) is 5.74. The molecule has 4 heterocycles. The molecular weight excluding hydrogens is 500 g/mol. The number of rotatable bonds is 9. The molecular formula is C26H24N10O3. The summed E-state index contributed by atoms with van der Waals surface area (Å²) in [5, 5.41) is 10.7. The Bertz CT molecular complexity index is 1700. The lowest BCUT2D eigenvalue weighted by Gasteiger charge is -2.17. The van der Waals surface area contributed by atoms with Crippen molar-refractivity contribution in [3.63, 3.8) is 0 Å². The summed E-state index contributed by atoms with van der Waals surface area (Å²) < 4.78 is 8.63. The second-order valence-corrected chi connectivity index (χ2v) is 8.33. The van der Waals surface area contributed by atoms with Crippen molar-refractivity contribution >= 4 is 28.8 Å². The van der Waals surface area contributed by atoms with Crippen LogP contribution in [0, 0.1) is 0 Å². The second-order valence-electron chi connectivity index (χ2n) is 8.33. The van der Waals surface area contributed by atoms with Crippen LogP contribution in [0.5, 0.6) is 5.75 Å². The SMILES string of the molecule is CCC(=O)c1cnc(Nc2ccn(-c3cncnc3)c(=O)n2)cc1Nc1cccc(-c2ncn(C)n2)c1OC. The molecule has 1 aromatic carbocycles. The Labute approximate surface area is 222 Å². The molecule has 5 aromatic rings. The minimum atomic E-state index is -0.518. The lowest BCUT2D eigenvalue weighted by atomic mass is 10.1. The first-order valence-corrected chi connectivity index (χ1v) is 11.9. The van der Waals surface area contributed by atoms with Crippen molar-refractivity contribution in [2.45, 2.75) is 13.3 Å². The quantitative estimate of drug-likeness (QED) is 0.273. The first-order chi connectivity index (χ1) is 19.0. The van der Waals surface area contributed by atoms with Crippen molar-refractivity contribution in [3.05, 3.63) is 83.8 Å². The number of hydrogen-bond acceptors (Lipinski definition) is 11. The van der Waals surface area contributed by atoms with E-state index in [-0.39, 0.29) is 11.6 Å². The van der Waals surface area contributed by atoms with Gasteiger partial charge in [-0.2, -0.15) is 10.1 Å². The van der Waals surface area contributed by atoms with Gasteiger partial charge in [-0.05, 0) is 18.2 Å². The van der Waals surface area contributed by atoms with Crippen molar-refractivity contribution in [1.82, 2.24) is 39.3 Å². The van der Waals surface area contributed by atoms with E-state index in [0.29, 0.717) is 52.0 Å². The molecule has 39 heavy (non-hydrogen) atoms. The Morgan fingerprint density at radius 2 is 1.85 bits per heavy atom. The van der Waals surface area contributed by atoms with Crippen LogP contribution in [0.1, 0.15) is 23.7 Å². The van der Waals surface area contributed by atoms with Crippen LogP contribution >= 0.6 is 0 Å². The topological polar surface area (TPSA) is 155 Å². The number of aryl methyl sites for hydroxylation is 1. The molecule has 0 unspecified atom stereocenters. The van der Waals surface area contributed by atoms with Crippen molar-refractivity contribution in [1.29, 1.82) is 0 Å². The summed E-state index contributed by atoms with van der Waals surface area (Å²) in [5.74, 6) is 1.58. The molecule has 13 heteroatoms. The fraction of sp³-hybridized carbons (Fsp3) is 0.154. The molecule has 0 saturated heterocycles. The predicted molar refractivity (Wildman–Crippen MR) is 144 cm³/mol. The van der Waals surface area contributed by atoms with Crippen LogP contribution in [0.2, 0.25) is 0 Å². The number of ether oxygens (including phenoxy) is 1. The number of carbonyl (C=O) groups is 1. The number of methoxy groups -OCH3 is 1. The van der Waals surface area contributed by atoms with E-state index in [0.717, 1.165) is 0 Å². The van der Waals surface area contributed by atoms with E-state index in [4.69, 9.17) is 4.74 Å². The largest absolute Gasteiger partial charge is 0.494 e. The summed E-state index contributed by atoms with van der Waals surface area (Å²) in [5.41, 5.74) is 2.17. The van der Waals surface area contributed by atoms with Gasteiger partial charge in [-0.3, -0.25) is 14.0 Å². The minimum Gasteiger partial charge on any atom is -0.494 e. The number of pyridine rings is 1. The van der Waals surface area contributed by atoms with Crippen molar-refractivity contribution in [3.8, 4) is 22.8 Å². The van der Waals surface area contributed by atoms with Gasteiger partial charge in [0.2, 0.25) is 0 Å². The summed E-state index contributed by atoms with van der Waals surface area (Å²) in [4.78, 5) is 46.0. The average Bonchev–Trinajstić information content (AvgIpc) is 3.39. The molecule has 0 bridgehead atoms. The molecule has 0 fully saturated rings. The van der Waals surface area contributed by atoms with Gasteiger partial charge < -0.3 is 15.4 Å². The number of aromatic nitrogens is 8. The molecule has 0 amide bonds. The van der Waals surface area contributed by atoms with E-state index < -0.39 is 5.69 Å². The first-order valence-electron chi connectivity index (χ1n) is 11.9. The van der Waals surface area contributed by atoms with E-state index in [2.05, 4.69) is 40.7 Å². The summed E-state index contributed by atoms with van der Waals surface area (Å²) >= 11 is 0. The Kier molecular flexibility index (Phi) is 7.03. The fourth-order valence-corrected chi connectivity index (χ4v) is 3.90. The van der Waals surface area contributed by atoms with Gasteiger partial charge in [-0.25, -0.2) is 24.7 Å². The Balaban J connectivity index is 1.48. The zero-order valence-electron chi connectivity index (χ0n) is 21.4. The van der Waals surface area contributed by atoms with Crippen LogP contribution in [-0.4, -0.2) is 52.2 Å². The third kappa shape index (κ3) is 5.32. The fourth-order valence-electron chi connectivity index (χ4n) is 3.90. The molecule has 13 nitrogen and oxygen atoms in total. The van der Waals surface area contributed by atoms with Gasteiger partial charge in [0, 0.05) is 31.9 Å². The van der Waals surface area contributed by atoms with E-state index in [1.165, 1.54) is 29.5 Å². The van der Waals surface area contributed by atoms with Gasteiger partial charge in [0.05, 0.1) is 47.7 Å². The van der Waals surface area contributed by atoms with Crippen molar-refractivity contribution < 1.29 is 9.53 Å². The number of anilines is 4. The van der Waals surface area contributed by atoms with Gasteiger partial charge in [0.15, 0.2) is 17.4 Å². The second kappa shape index (κ2) is 10.9. The highest BCUT2D eigenvalue weighted by molar-refractivity contribution is 6.02. The number of carbonyl (C=O) groups excluding carboxylic acids is 1. The molecule has 196 valence electrons. The predicted octanol–water partition coefficient (Wildman–Crippen LogP) is 3.30. The highest BCUT2D eigenvalue weighted by Crippen LogP contribution is 2.37. The smallest absolute Gasteiger partial charge is 0.354 e. The van der Waals surface area contributed by atoms with E-state index in [9.17, 15) is 9.59 Å². The van der Waals surface area contributed by atoms with Crippen molar-refractivity contribution in [2.75, 3.05) is 17.7 Å². The van der Waals surface area contributed by atoms with Crippen LogP contribution in [0.15, 0.2) is 72.6 Å². The highest BCUT2D eigenvalue weighted by atomic mass is 16.5. The van der Waals surface area contributed by atoms with Crippen LogP contribution in [0.4, 0.5) is 23.0 Å². The van der Waals surface area contributed by atoms with Crippen LogP contribution in [0.25, 0.3) is 17.1 Å². The number of benzene rings is 1. The number of nitrogens with zero attached hydrogens (tertiary/aromatic N) is 8. The summed E-state index contributed by atoms with van der Waals surface area (Å²) in [6, 6.07) is 8.82. The summed E-state index contributed by atoms with van der Waals surface area (Å²) in [7, 11) is 3.34. The van der Waals surface area contributed by atoms with Gasteiger partial charge in [0.25, 0.3) is 0 Å². The molecule has 4 aromatic heterocycles. The molecule has 0 spiro atoms. The maximum Gasteiger partial charge on any atom is 0.354 e. The van der Waals surface area contributed by atoms with Crippen LogP contribution < -0.4 is 21.1 Å².